The molecule has 2 unspecified atom stereocenters. The van der Waals surface area contributed by atoms with Crippen LogP contribution in [0.2, 0.25) is 0 Å². The van der Waals surface area contributed by atoms with Gasteiger partial charge in [-0.15, -0.1) is 0 Å². The number of allylic oxidation sites excluding steroid dienone is 3. The molecule has 0 amide bonds. The summed E-state index contributed by atoms with van der Waals surface area (Å²) in [6.45, 7) is 0. The molecule has 48 heavy (non-hydrogen) atoms. The fourth-order valence-corrected chi connectivity index (χ4v) is 9.07. The monoisotopic (exact) mass is 621 g/mol. The molecule has 2 N–H and O–H groups in total. The van der Waals surface area contributed by atoms with E-state index in [1.807, 2.05) is 0 Å². The van der Waals surface area contributed by atoms with Gasteiger partial charge in [-0.1, -0.05) is 121 Å². The average Bonchev–Trinajstić information content (AvgIpc) is 3.80. The first-order valence-electron chi connectivity index (χ1n) is 17.8. The Morgan fingerprint density at radius 3 is 2.33 bits per heavy atom. The van der Waals surface area contributed by atoms with E-state index in [-0.39, 0.29) is 12.3 Å². The van der Waals surface area contributed by atoms with E-state index in [2.05, 4.69) is 126 Å². The summed E-state index contributed by atoms with van der Waals surface area (Å²) in [6, 6.07) is 40.5. The summed E-state index contributed by atoms with van der Waals surface area (Å²) in [5, 5.41) is 7.95. The third-order valence-corrected chi connectivity index (χ3v) is 11.4. The van der Waals surface area contributed by atoms with Gasteiger partial charge in [-0.05, 0) is 123 Å². The molecule has 0 aromatic heterocycles. The third kappa shape index (κ3) is 4.56. The Kier molecular flexibility index (Phi) is 6.62. The standard InChI is InChI=1S/C45H39N3/c1-2-12-30-26-41-37(34(30)16-3-1)19-9-21-39(41)44-46-43(32-15-8-14-29(25-32)36-24-23-28-11-4-6-17-33(28)36)47-45(48-44)40-22-10-20-38-35-18-7-5-13-31(35)27-42(38)40/h4-11,13-15,17-22,24-25,43-44,46H,1-3,12,16,23,26-27H2,(H,47,48). The van der Waals surface area contributed by atoms with E-state index in [9.17, 15) is 0 Å². The van der Waals surface area contributed by atoms with Crippen molar-refractivity contribution in [1.29, 1.82) is 0 Å². The number of nitrogens with one attached hydrogen (secondary N) is 2. The minimum Gasteiger partial charge on any atom is -0.350 e. The van der Waals surface area contributed by atoms with Crippen LogP contribution in [-0.4, -0.2) is 5.84 Å². The molecule has 0 spiro atoms. The van der Waals surface area contributed by atoms with Crippen LogP contribution in [0.5, 0.6) is 0 Å². The molecule has 0 radical (unpaired) electrons. The van der Waals surface area contributed by atoms with E-state index in [4.69, 9.17) is 4.99 Å². The molecule has 3 heteroatoms. The van der Waals surface area contributed by atoms with Gasteiger partial charge in [-0.2, -0.15) is 0 Å². The SMILES string of the molecule is C1=C(c2cccc(C3N=C(c4cccc5c4Cc4ccccc4-5)NC(c4cccc5c4CC4=C5CCCCC4)N3)c2)c2ccccc2C1. The smallest absolute Gasteiger partial charge is 0.132 e. The second-order valence-electron chi connectivity index (χ2n) is 14.1. The largest absolute Gasteiger partial charge is 0.350 e. The lowest BCUT2D eigenvalue weighted by Gasteiger charge is -2.34. The topological polar surface area (TPSA) is 36.4 Å². The van der Waals surface area contributed by atoms with Crippen LogP contribution in [-0.2, 0) is 19.3 Å². The van der Waals surface area contributed by atoms with Gasteiger partial charge >= 0.3 is 0 Å². The third-order valence-electron chi connectivity index (χ3n) is 11.4. The summed E-state index contributed by atoms with van der Waals surface area (Å²) >= 11 is 0. The predicted octanol–water partition coefficient (Wildman–Crippen LogP) is 9.86. The molecule has 10 rings (SSSR count). The molecule has 1 heterocycles. The highest BCUT2D eigenvalue weighted by atomic mass is 15.3. The fraction of sp³-hybridized carbons (Fsp3) is 0.222. The summed E-state index contributed by atoms with van der Waals surface area (Å²) in [5.41, 5.74) is 20.8. The van der Waals surface area contributed by atoms with Crippen molar-refractivity contribution in [2.45, 2.75) is 63.7 Å². The number of hydrogen-bond donors (Lipinski definition) is 2. The Labute approximate surface area is 283 Å². The van der Waals surface area contributed by atoms with E-state index in [0.29, 0.717) is 0 Å². The van der Waals surface area contributed by atoms with Crippen molar-refractivity contribution in [2.24, 2.45) is 4.99 Å². The van der Waals surface area contributed by atoms with Crippen molar-refractivity contribution in [3.63, 3.8) is 0 Å². The number of benzene rings is 5. The molecule has 4 aliphatic carbocycles. The average molecular weight is 622 g/mol. The van der Waals surface area contributed by atoms with Gasteiger partial charge in [-0.3, -0.25) is 5.32 Å². The quantitative estimate of drug-likeness (QED) is 0.206. The van der Waals surface area contributed by atoms with Crippen molar-refractivity contribution in [3.05, 3.63) is 176 Å². The van der Waals surface area contributed by atoms with Gasteiger partial charge in [0.25, 0.3) is 0 Å². The Hall–Kier alpha value is -4.99. The number of nitrogens with zero attached hydrogens (tertiary/aromatic N) is 1. The lowest BCUT2D eigenvalue weighted by atomic mass is 9.94. The molecule has 3 nitrogen and oxygen atoms in total. The molecule has 1 aliphatic heterocycles. The zero-order valence-corrected chi connectivity index (χ0v) is 27.2. The van der Waals surface area contributed by atoms with Crippen LogP contribution in [0.4, 0.5) is 0 Å². The Morgan fingerprint density at radius 1 is 0.604 bits per heavy atom. The zero-order chi connectivity index (χ0) is 31.6. The summed E-state index contributed by atoms with van der Waals surface area (Å²) in [5.74, 6) is 0.981. The first-order valence-corrected chi connectivity index (χ1v) is 17.8. The van der Waals surface area contributed by atoms with Crippen molar-refractivity contribution < 1.29 is 0 Å². The van der Waals surface area contributed by atoms with Gasteiger partial charge in [0, 0.05) is 5.56 Å². The van der Waals surface area contributed by atoms with Crippen LogP contribution in [0, 0.1) is 0 Å². The van der Waals surface area contributed by atoms with Crippen molar-refractivity contribution in [3.8, 4) is 11.1 Å². The number of rotatable bonds is 4. The summed E-state index contributed by atoms with van der Waals surface area (Å²) in [4.78, 5) is 5.49. The maximum absolute atomic E-state index is 5.49. The van der Waals surface area contributed by atoms with Gasteiger partial charge in [-0.25, -0.2) is 4.99 Å². The van der Waals surface area contributed by atoms with Crippen molar-refractivity contribution in [2.75, 3.05) is 0 Å². The second kappa shape index (κ2) is 11.3. The van der Waals surface area contributed by atoms with Crippen LogP contribution in [0.1, 0.15) is 100 Å². The Balaban J connectivity index is 1.07. The molecule has 0 saturated heterocycles. The van der Waals surface area contributed by atoms with Gasteiger partial charge < -0.3 is 5.32 Å². The van der Waals surface area contributed by atoms with Crippen LogP contribution >= 0.6 is 0 Å². The first-order chi connectivity index (χ1) is 23.8. The van der Waals surface area contributed by atoms with Gasteiger partial charge in [0.15, 0.2) is 0 Å². The normalized spacial score (nSPS) is 20.5. The maximum Gasteiger partial charge on any atom is 0.132 e. The fourth-order valence-electron chi connectivity index (χ4n) is 9.07. The molecule has 5 aromatic rings. The lowest BCUT2D eigenvalue weighted by Crippen LogP contribution is -2.45. The molecule has 234 valence electrons. The molecule has 2 atom stereocenters. The van der Waals surface area contributed by atoms with E-state index in [1.54, 1.807) is 11.1 Å². The predicted molar refractivity (Wildman–Crippen MR) is 197 cm³/mol. The molecule has 5 aliphatic rings. The van der Waals surface area contributed by atoms with E-state index >= 15 is 0 Å². The van der Waals surface area contributed by atoms with Crippen LogP contribution in [0.25, 0.3) is 22.3 Å². The van der Waals surface area contributed by atoms with E-state index in [0.717, 1.165) is 25.1 Å². The summed E-state index contributed by atoms with van der Waals surface area (Å²) < 4.78 is 0. The summed E-state index contributed by atoms with van der Waals surface area (Å²) in [6.07, 6.45) is 11.6. The highest BCUT2D eigenvalue weighted by molar-refractivity contribution is 6.03. The zero-order valence-electron chi connectivity index (χ0n) is 27.2. The Morgan fingerprint density at radius 2 is 1.38 bits per heavy atom. The minimum atomic E-state index is -0.189. The van der Waals surface area contributed by atoms with Gasteiger partial charge in [0.2, 0.25) is 0 Å². The van der Waals surface area contributed by atoms with Gasteiger partial charge in [0.05, 0.1) is 0 Å². The second-order valence-corrected chi connectivity index (χ2v) is 14.1. The molecule has 0 fully saturated rings. The van der Waals surface area contributed by atoms with Crippen LogP contribution in [0.15, 0.2) is 126 Å². The number of amidine groups is 1. The highest BCUT2D eigenvalue weighted by Gasteiger charge is 2.33. The van der Waals surface area contributed by atoms with E-state index < -0.39 is 0 Å². The maximum atomic E-state index is 5.49. The first kappa shape index (κ1) is 28.1. The highest BCUT2D eigenvalue weighted by Crippen LogP contribution is 2.44. The molecular formula is C45H39N3. The number of hydrogen-bond acceptors (Lipinski definition) is 3. The summed E-state index contributed by atoms with van der Waals surface area (Å²) in [7, 11) is 0. The molecule has 5 aromatic carbocycles. The van der Waals surface area contributed by atoms with E-state index in [1.165, 1.54) is 104 Å². The Bertz CT molecular complexity index is 2220. The minimum absolute atomic E-state index is 0.0595. The molecule has 0 saturated carbocycles. The lowest BCUT2D eigenvalue weighted by molar-refractivity contribution is 0.407. The van der Waals surface area contributed by atoms with Gasteiger partial charge in [0.1, 0.15) is 18.2 Å². The number of aliphatic imine (C=N–C) groups is 1. The molecular weight excluding hydrogens is 583 g/mol. The van der Waals surface area contributed by atoms with Crippen LogP contribution in [0.3, 0.4) is 0 Å². The number of fused-ring (bicyclic) bond motifs is 6. The van der Waals surface area contributed by atoms with Crippen molar-refractivity contribution >= 4 is 17.0 Å². The molecule has 0 bridgehead atoms. The van der Waals surface area contributed by atoms with Crippen molar-refractivity contribution in [1.82, 2.24) is 10.6 Å². The van der Waals surface area contributed by atoms with Crippen LogP contribution < -0.4 is 10.6 Å².